The quantitative estimate of drug-likeness (QED) is 0.806. The number of nitrogens with one attached hydrogen (secondary N) is 1. The Morgan fingerprint density at radius 3 is 2.05 bits per heavy atom. The molecule has 0 spiro atoms. The van der Waals surface area contributed by atoms with Crippen molar-refractivity contribution in [3.8, 4) is 0 Å². The molecule has 2 N–H and O–H groups in total. The summed E-state index contributed by atoms with van der Waals surface area (Å²) < 4.78 is 0. The molecule has 1 fully saturated rings. The van der Waals surface area contributed by atoms with E-state index in [0.717, 1.165) is 0 Å². The van der Waals surface area contributed by atoms with Gasteiger partial charge in [0.1, 0.15) is 0 Å². The predicted octanol–water partition coefficient (Wildman–Crippen LogP) is 2.49. The number of rotatable bonds is 5. The monoisotopic (exact) mass is 270 g/mol. The molecular formula is C16H34N2O. The van der Waals surface area contributed by atoms with Crippen LogP contribution < -0.4 is 5.32 Å². The summed E-state index contributed by atoms with van der Waals surface area (Å²) >= 11 is 0. The van der Waals surface area contributed by atoms with E-state index in [1.54, 1.807) is 0 Å². The van der Waals surface area contributed by atoms with Gasteiger partial charge in [-0.05, 0) is 51.1 Å². The molecule has 0 amide bonds. The Morgan fingerprint density at radius 1 is 1.16 bits per heavy atom. The smallest absolute Gasteiger partial charge is 0.0869 e. The van der Waals surface area contributed by atoms with Crippen molar-refractivity contribution in [1.29, 1.82) is 0 Å². The molecule has 1 rings (SSSR count). The van der Waals surface area contributed by atoms with Gasteiger partial charge in [0.2, 0.25) is 0 Å². The Balaban J connectivity index is 2.53. The minimum atomic E-state index is -0.658. The standard InChI is InChI=1S/C16H34N2O/c1-14(2)8-13(9-15(3,4)10-14)17-11-16(5,19)12-18(6)7/h13,17,19H,8-12H2,1-7H3. The van der Waals surface area contributed by atoms with Crippen LogP contribution in [-0.4, -0.2) is 48.8 Å². The fourth-order valence-corrected chi connectivity index (χ4v) is 4.09. The highest BCUT2D eigenvalue weighted by atomic mass is 16.3. The lowest BCUT2D eigenvalue weighted by atomic mass is 9.63. The topological polar surface area (TPSA) is 35.5 Å². The van der Waals surface area contributed by atoms with Gasteiger partial charge in [0.15, 0.2) is 0 Å². The van der Waals surface area contributed by atoms with E-state index in [9.17, 15) is 5.11 Å². The Kier molecular flexibility index (Phi) is 5.09. The maximum absolute atomic E-state index is 10.4. The molecule has 0 saturated heterocycles. The Labute approximate surface area is 119 Å². The summed E-state index contributed by atoms with van der Waals surface area (Å²) in [5.74, 6) is 0. The molecule has 114 valence electrons. The zero-order valence-electron chi connectivity index (χ0n) is 14.0. The molecule has 1 saturated carbocycles. The molecule has 1 unspecified atom stereocenters. The van der Waals surface area contributed by atoms with E-state index in [1.807, 2.05) is 25.9 Å². The van der Waals surface area contributed by atoms with Crippen molar-refractivity contribution in [2.75, 3.05) is 27.2 Å². The Hall–Kier alpha value is -0.120. The summed E-state index contributed by atoms with van der Waals surface area (Å²) in [6.07, 6.45) is 3.69. The van der Waals surface area contributed by atoms with E-state index in [0.29, 0.717) is 30.0 Å². The summed E-state index contributed by atoms with van der Waals surface area (Å²) in [5, 5.41) is 14.0. The molecule has 0 aromatic heterocycles. The minimum Gasteiger partial charge on any atom is -0.388 e. The van der Waals surface area contributed by atoms with E-state index >= 15 is 0 Å². The van der Waals surface area contributed by atoms with Crippen LogP contribution in [0.15, 0.2) is 0 Å². The van der Waals surface area contributed by atoms with Crippen LogP contribution >= 0.6 is 0 Å². The summed E-state index contributed by atoms with van der Waals surface area (Å²) in [6, 6.07) is 0.521. The molecule has 0 heterocycles. The molecule has 1 aliphatic rings. The lowest BCUT2D eigenvalue weighted by molar-refractivity contribution is 0.0196. The van der Waals surface area contributed by atoms with Gasteiger partial charge in [-0.3, -0.25) is 0 Å². The number of nitrogens with zero attached hydrogens (tertiary/aromatic N) is 1. The van der Waals surface area contributed by atoms with Crippen LogP contribution in [0.4, 0.5) is 0 Å². The summed E-state index contributed by atoms with van der Waals surface area (Å²) in [5.41, 5.74) is 0.134. The van der Waals surface area contributed by atoms with Crippen LogP contribution in [0.3, 0.4) is 0 Å². The van der Waals surface area contributed by atoms with Crippen LogP contribution in [0.25, 0.3) is 0 Å². The molecule has 0 aromatic carbocycles. The van der Waals surface area contributed by atoms with Gasteiger partial charge in [0.25, 0.3) is 0 Å². The van der Waals surface area contributed by atoms with Crippen LogP contribution in [0.1, 0.15) is 53.9 Å². The van der Waals surface area contributed by atoms with Gasteiger partial charge >= 0.3 is 0 Å². The Bertz CT molecular complexity index is 279. The summed E-state index contributed by atoms with van der Waals surface area (Å²) in [4.78, 5) is 2.04. The van der Waals surface area contributed by atoms with Crippen molar-refractivity contribution in [3.05, 3.63) is 0 Å². The average Bonchev–Trinajstić information content (AvgIpc) is 2.07. The van der Waals surface area contributed by atoms with Gasteiger partial charge in [0, 0.05) is 19.1 Å². The number of aliphatic hydroxyl groups is 1. The van der Waals surface area contributed by atoms with Crippen molar-refractivity contribution in [1.82, 2.24) is 10.2 Å². The second kappa shape index (κ2) is 5.71. The first-order chi connectivity index (χ1) is 8.41. The van der Waals surface area contributed by atoms with Crippen LogP contribution in [0.2, 0.25) is 0 Å². The molecule has 0 radical (unpaired) electrons. The highest BCUT2D eigenvalue weighted by Crippen LogP contribution is 2.45. The second-order valence-electron chi connectivity index (χ2n) is 8.73. The first kappa shape index (κ1) is 16.9. The second-order valence-corrected chi connectivity index (χ2v) is 8.73. The van der Waals surface area contributed by atoms with Crippen molar-refractivity contribution < 1.29 is 5.11 Å². The highest BCUT2D eigenvalue weighted by Gasteiger charge is 2.38. The lowest BCUT2D eigenvalue weighted by Gasteiger charge is -2.46. The van der Waals surface area contributed by atoms with E-state index < -0.39 is 5.60 Å². The molecule has 1 aliphatic carbocycles. The zero-order valence-corrected chi connectivity index (χ0v) is 14.0. The van der Waals surface area contributed by atoms with Gasteiger partial charge in [-0.2, -0.15) is 0 Å². The summed E-state index contributed by atoms with van der Waals surface area (Å²) in [6.45, 7) is 12.7. The highest BCUT2D eigenvalue weighted by molar-refractivity contribution is 4.93. The molecule has 3 heteroatoms. The van der Waals surface area contributed by atoms with Gasteiger partial charge in [-0.15, -0.1) is 0 Å². The zero-order chi connectivity index (χ0) is 14.9. The van der Waals surface area contributed by atoms with Crippen molar-refractivity contribution in [2.45, 2.75) is 65.5 Å². The summed E-state index contributed by atoms with van der Waals surface area (Å²) in [7, 11) is 4.00. The first-order valence-corrected chi connectivity index (χ1v) is 7.51. The molecule has 3 nitrogen and oxygen atoms in total. The first-order valence-electron chi connectivity index (χ1n) is 7.51. The normalized spacial score (nSPS) is 26.4. The van der Waals surface area contributed by atoms with Gasteiger partial charge in [-0.1, -0.05) is 27.7 Å². The van der Waals surface area contributed by atoms with Crippen molar-refractivity contribution in [3.63, 3.8) is 0 Å². The maximum Gasteiger partial charge on any atom is 0.0869 e. The van der Waals surface area contributed by atoms with E-state index in [2.05, 4.69) is 33.0 Å². The third-order valence-corrected chi connectivity index (χ3v) is 3.98. The third-order valence-electron chi connectivity index (χ3n) is 3.98. The van der Waals surface area contributed by atoms with Gasteiger partial charge in [-0.25, -0.2) is 0 Å². The largest absolute Gasteiger partial charge is 0.388 e. The predicted molar refractivity (Wildman–Crippen MR) is 82.4 cm³/mol. The van der Waals surface area contributed by atoms with E-state index in [-0.39, 0.29) is 0 Å². The number of hydrogen-bond acceptors (Lipinski definition) is 3. The van der Waals surface area contributed by atoms with Crippen molar-refractivity contribution >= 4 is 0 Å². The molecule has 0 bridgehead atoms. The maximum atomic E-state index is 10.4. The van der Waals surface area contributed by atoms with Crippen LogP contribution in [0, 0.1) is 10.8 Å². The van der Waals surface area contributed by atoms with E-state index in [1.165, 1.54) is 19.3 Å². The fraction of sp³-hybridized carbons (Fsp3) is 1.00. The van der Waals surface area contributed by atoms with Crippen LogP contribution in [0.5, 0.6) is 0 Å². The molecule has 0 aromatic rings. The SMILES string of the molecule is CN(C)CC(C)(O)CNC1CC(C)(C)CC(C)(C)C1. The van der Waals surface area contributed by atoms with Gasteiger partial charge in [0.05, 0.1) is 5.60 Å². The number of likely N-dealkylation sites (N-methyl/N-ethyl adjacent to an activating group) is 1. The fourth-order valence-electron chi connectivity index (χ4n) is 4.09. The van der Waals surface area contributed by atoms with Gasteiger partial charge < -0.3 is 15.3 Å². The number of hydrogen-bond donors (Lipinski definition) is 2. The lowest BCUT2D eigenvalue weighted by Crippen LogP contribution is -2.51. The molecule has 0 aliphatic heterocycles. The minimum absolute atomic E-state index is 0.396. The van der Waals surface area contributed by atoms with Crippen LogP contribution in [-0.2, 0) is 0 Å². The van der Waals surface area contributed by atoms with Crippen molar-refractivity contribution in [2.24, 2.45) is 10.8 Å². The third kappa shape index (κ3) is 6.24. The molecular weight excluding hydrogens is 236 g/mol. The average molecular weight is 270 g/mol. The molecule has 19 heavy (non-hydrogen) atoms. The van der Waals surface area contributed by atoms with E-state index in [4.69, 9.17) is 0 Å². The Morgan fingerprint density at radius 2 is 1.63 bits per heavy atom. The molecule has 1 atom stereocenters.